The Morgan fingerprint density at radius 3 is 3.21 bits per heavy atom. The number of aromatic nitrogens is 1. The lowest BCUT2D eigenvalue weighted by Gasteiger charge is -2.27. The first-order valence-corrected chi connectivity index (χ1v) is 4.78. The molecule has 0 amide bonds. The Hall–Kier alpha value is -1.16. The summed E-state index contributed by atoms with van der Waals surface area (Å²) < 4.78 is 18.8. The fourth-order valence-corrected chi connectivity index (χ4v) is 1.52. The first-order chi connectivity index (χ1) is 6.86. The van der Waals surface area contributed by atoms with Crippen LogP contribution in [-0.2, 0) is 0 Å². The van der Waals surface area contributed by atoms with Gasteiger partial charge in [-0.2, -0.15) is 0 Å². The minimum atomic E-state index is -0.927. The largest absolute Gasteiger partial charge is 0.486 e. The van der Waals surface area contributed by atoms with Crippen LogP contribution in [-0.4, -0.2) is 30.3 Å². The zero-order valence-electron chi connectivity index (χ0n) is 7.82. The standard InChI is InChI=1S/C10H13FN2O/c11-9-7-13-5-3-10(9)14-8-2-1-4-12-6-8/h1-2,4,6,9-10,13H,3,5,7H2/t9-,10+/m1/s1. The molecule has 1 aromatic heterocycles. The number of pyridine rings is 1. The number of nitrogens with zero attached hydrogens (tertiary/aromatic N) is 1. The molecule has 1 N–H and O–H groups in total. The van der Waals surface area contributed by atoms with Crippen LogP contribution in [0.5, 0.6) is 5.75 Å². The van der Waals surface area contributed by atoms with Crippen molar-refractivity contribution in [2.75, 3.05) is 13.1 Å². The fraction of sp³-hybridized carbons (Fsp3) is 0.500. The Morgan fingerprint density at radius 1 is 1.57 bits per heavy atom. The molecule has 0 radical (unpaired) electrons. The summed E-state index contributed by atoms with van der Waals surface area (Å²) in [6, 6.07) is 3.57. The molecule has 76 valence electrons. The highest BCUT2D eigenvalue weighted by molar-refractivity contribution is 5.16. The zero-order chi connectivity index (χ0) is 9.80. The van der Waals surface area contributed by atoms with Crippen molar-refractivity contribution in [3.8, 4) is 5.75 Å². The maximum Gasteiger partial charge on any atom is 0.149 e. The Labute approximate surface area is 82.3 Å². The van der Waals surface area contributed by atoms with Crippen LogP contribution in [0.25, 0.3) is 0 Å². The SMILES string of the molecule is F[C@@H]1CNCC[C@@H]1Oc1cccnc1. The molecule has 0 saturated carbocycles. The summed E-state index contributed by atoms with van der Waals surface area (Å²) in [7, 11) is 0. The van der Waals surface area contributed by atoms with Crippen LogP contribution >= 0.6 is 0 Å². The Balaban J connectivity index is 1.96. The van der Waals surface area contributed by atoms with Gasteiger partial charge in [-0.3, -0.25) is 4.98 Å². The summed E-state index contributed by atoms with van der Waals surface area (Å²) in [6.45, 7) is 1.19. The van der Waals surface area contributed by atoms with Crippen LogP contribution in [0.4, 0.5) is 4.39 Å². The number of rotatable bonds is 2. The van der Waals surface area contributed by atoms with Crippen molar-refractivity contribution in [1.82, 2.24) is 10.3 Å². The van der Waals surface area contributed by atoms with Gasteiger partial charge in [-0.05, 0) is 25.1 Å². The van der Waals surface area contributed by atoms with Gasteiger partial charge in [0.1, 0.15) is 18.0 Å². The molecule has 0 aromatic carbocycles. The third-order valence-corrected chi connectivity index (χ3v) is 2.27. The molecule has 3 nitrogen and oxygen atoms in total. The highest BCUT2D eigenvalue weighted by atomic mass is 19.1. The molecule has 1 aliphatic rings. The summed E-state index contributed by atoms with van der Waals surface area (Å²) >= 11 is 0. The lowest BCUT2D eigenvalue weighted by atomic mass is 10.1. The summed E-state index contributed by atoms with van der Waals surface area (Å²) in [5.74, 6) is 0.641. The molecule has 0 unspecified atom stereocenters. The molecule has 2 rings (SSSR count). The monoisotopic (exact) mass is 196 g/mol. The highest BCUT2D eigenvalue weighted by Gasteiger charge is 2.25. The third kappa shape index (κ3) is 2.20. The fourth-order valence-electron chi connectivity index (χ4n) is 1.52. The van der Waals surface area contributed by atoms with Crippen LogP contribution in [0.3, 0.4) is 0 Å². The van der Waals surface area contributed by atoms with Crippen molar-refractivity contribution in [2.24, 2.45) is 0 Å². The predicted octanol–water partition coefficient (Wildman–Crippen LogP) is 1.16. The molecule has 1 fully saturated rings. The summed E-state index contributed by atoms with van der Waals surface area (Å²) in [4.78, 5) is 3.91. The lowest BCUT2D eigenvalue weighted by molar-refractivity contribution is 0.0728. The number of hydrogen-bond acceptors (Lipinski definition) is 3. The predicted molar refractivity (Wildman–Crippen MR) is 51.0 cm³/mol. The van der Waals surface area contributed by atoms with E-state index < -0.39 is 6.17 Å². The molecule has 1 saturated heterocycles. The number of nitrogens with one attached hydrogen (secondary N) is 1. The average molecular weight is 196 g/mol. The van der Waals surface area contributed by atoms with Gasteiger partial charge in [-0.1, -0.05) is 0 Å². The molecular formula is C10H13FN2O. The number of halogens is 1. The van der Waals surface area contributed by atoms with E-state index in [-0.39, 0.29) is 6.10 Å². The summed E-state index contributed by atoms with van der Waals surface area (Å²) in [5.41, 5.74) is 0. The number of piperidine rings is 1. The first kappa shape index (κ1) is 9.40. The average Bonchev–Trinajstić information content (AvgIpc) is 2.23. The zero-order valence-corrected chi connectivity index (χ0v) is 7.82. The Bertz CT molecular complexity index is 281. The van der Waals surface area contributed by atoms with Gasteiger partial charge in [-0.25, -0.2) is 4.39 Å². The van der Waals surface area contributed by atoms with E-state index in [0.717, 1.165) is 6.54 Å². The van der Waals surface area contributed by atoms with Gasteiger partial charge in [0, 0.05) is 12.7 Å². The molecule has 1 aromatic rings. The first-order valence-electron chi connectivity index (χ1n) is 4.78. The maximum absolute atomic E-state index is 13.3. The van der Waals surface area contributed by atoms with Gasteiger partial charge < -0.3 is 10.1 Å². The van der Waals surface area contributed by atoms with Crippen LogP contribution < -0.4 is 10.1 Å². The molecule has 2 atom stereocenters. The van der Waals surface area contributed by atoms with Crippen LogP contribution in [0.1, 0.15) is 6.42 Å². The highest BCUT2D eigenvalue weighted by Crippen LogP contribution is 2.16. The van der Waals surface area contributed by atoms with Crippen molar-refractivity contribution in [1.29, 1.82) is 0 Å². The van der Waals surface area contributed by atoms with E-state index in [4.69, 9.17) is 4.74 Å². The smallest absolute Gasteiger partial charge is 0.149 e. The van der Waals surface area contributed by atoms with Gasteiger partial charge in [-0.15, -0.1) is 0 Å². The van der Waals surface area contributed by atoms with Crippen LogP contribution in [0, 0.1) is 0 Å². The quantitative estimate of drug-likeness (QED) is 0.770. The minimum Gasteiger partial charge on any atom is -0.486 e. The molecule has 0 bridgehead atoms. The van der Waals surface area contributed by atoms with E-state index in [2.05, 4.69) is 10.3 Å². The van der Waals surface area contributed by atoms with Crippen molar-refractivity contribution in [3.63, 3.8) is 0 Å². The van der Waals surface area contributed by atoms with Gasteiger partial charge in [0.25, 0.3) is 0 Å². The van der Waals surface area contributed by atoms with E-state index in [0.29, 0.717) is 18.7 Å². The molecule has 4 heteroatoms. The second-order valence-corrected chi connectivity index (χ2v) is 3.35. The third-order valence-electron chi connectivity index (χ3n) is 2.27. The van der Waals surface area contributed by atoms with Gasteiger partial charge in [0.2, 0.25) is 0 Å². The maximum atomic E-state index is 13.3. The molecule has 1 aliphatic heterocycles. The summed E-state index contributed by atoms with van der Waals surface area (Å²) in [6.07, 6.45) is 2.72. The van der Waals surface area contributed by atoms with Gasteiger partial charge in [0.15, 0.2) is 0 Å². The van der Waals surface area contributed by atoms with Crippen LogP contribution in [0.2, 0.25) is 0 Å². The van der Waals surface area contributed by atoms with Crippen molar-refractivity contribution in [2.45, 2.75) is 18.7 Å². The van der Waals surface area contributed by atoms with E-state index in [1.54, 1.807) is 24.5 Å². The molecule has 0 aliphatic carbocycles. The number of hydrogen-bond donors (Lipinski definition) is 1. The second kappa shape index (κ2) is 4.37. The van der Waals surface area contributed by atoms with Crippen molar-refractivity contribution >= 4 is 0 Å². The van der Waals surface area contributed by atoms with E-state index in [1.807, 2.05) is 0 Å². The van der Waals surface area contributed by atoms with Crippen molar-refractivity contribution in [3.05, 3.63) is 24.5 Å². The van der Waals surface area contributed by atoms with Gasteiger partial charge in [0.05, 0.1) is 6.20 Å². The molecule has 14 heavy (non-hydrogen) atoms. The Morgan fingerprint density at radius 2 is 2.50 bits per heavy atom. The normalized spacial score (nSPS) is 27.2. The van der Waals surface area contributed by atoms with Gasteiger partial charge >= 0.3 is 0 Å². The Kier molecular flexibility index (Phi) is 2.93. The minimum absolute atomic E-state index is 0.333. The van der Waals surface area contributed by atoms with Crippen molar-refractivity contribution < 1.29 is 9.13 Å². The number of ether oxygens (including phenoxy) is 1. The summed E-state index contributed by atoms with van der Waals surface area (Å²) in [5, 5.41) is 2.98. The molecule has 0 spiro atoms. The molecular weight excluding hydrogens is 183 g/mol. The van der Waals surface area contributed by atoms with Crippen LogP contribution in [0.15, 0.2) is 24.5 Å². The number of alkyl halides is 1. The van der Waals surface area contributed by atoms with E-state index in [9.17, 15) is 4.39 Å². The lowest BCUT2D eigenvalue weighted by Crippen LogP contribution is -2.44. The topological polar surface area (TPSA) is 34.1 Å². The van der Waals surface area contributed by atoms with E-state index in [1.165, 1.54) is 0 Å². The second-order valence-electron chi connectivity index (χ2n) is 3.35. The van der Waals surface area contributed by atoms with E-state index >= 15 is 0 Å². The molecule has 2 heterocycles.